The van der Waals surface area contributed by atoms with Gasteiger partial charge in [-0.15, -0.1) is 0 Å². The first-order chi connectivity index (χ1) is 34.4. The largest absolute Gasteiger partial charge is 0.480 e. The molecule has 0 bridgehead atoms. The first-order valence-electron chi connectivity index (χ1n) is 26.7. The van der Waals surface area contributed by atoms with Crippen molar-refractivity contribution in [3.63, 3.8) is 0 Å². The van der Waals surface area contributed by atoms with Crippen molar-refractivity contribution in [3.8, 4) is 0 Å². The summed E-state index contributed by atoms with van der Waals surface area (Å²) in [6.45, 7) is 8.44. The molecule has 0 fully saturated rings. The number of aliphatic carboxylic acids is 1. The molecule has 0 heterocycles. The molecule has 0 aromatic heterocycles. The van der Waals surface area contributed by atoms with Crippen LogP contribution in [0.5, 0.6) is 0 Å². The van der Waals surface area contributed by atoms with Gasteiger partial charge in [-0.05, 0) is 111 Å². The predicted octanol–water partition coefficient (Wildman–Crippen LogP) is 0.844. The number of carboxylic acids is 1. The second-order valence-electron chi connectivity index (χ2n) is 18.8. The second kappa shape index (κ2) is 42.2. The Balaban J connectivity index is 5.57. The van der Waals surface area contributed by atoms with Gasteiger partial charge in [0.2, 0.25) is 35.4 Å². The summed E-state index contributed by atoms with van der Waals surface area (Å²) < 4.78 is 0. The van der Waals surface area contributed by atoms with Crippen LogP contribution in [-0.4, -0.2) is 133 Å². The van der Waals surface area contributed by atoms with Gasteiger partial charge < -0.3 is 76.7 Å². The SMILES string of the molecule is CCCCCCCCCCCCCCCCN[C@@H](C)C(=O)N[C@@H](C)C(=O)N[C@@H](C)C(=O)N[C@@H](CCCCN)C(=O)N[C@@H](CCCN=C(N)N)C(=O)N[C@@H](CCCCN)C(=O)N[C@@H](CCCN=C(N)N)C(=O)O. The zero-order chi connectivity index (χ0) is 54.1. The highest BCUT2D eigenvalue weighted by Gasteiger charge is 2.32. The van der Waals surface area contributed by atoms with Crippen LogP contribution in [0.1, 0.15) is 182 Å². The van der Waals surface area contributed by atoms with E-state index < -0.39 is 77.8 Å². The van der Waals surface area contributed by atoms with E-state index in [1.807, 2.05) is 0 Å². The van der Waals surface area contributed by atoms with E-state index in [-0.39, 0.29) is 69.4 Å². The van der Waals surface area contributed by atoms with Crippen LogP contribution in [0.15, 0.2) is 9.98 Å². The summed E-state index contributed by atoms with van der Waals surface area (Å²) in [5, 5.41) is 28.9. The number of nitrogens with one attached hydrogen (secondary N) is 7. The van der Waals surface area contributed by atoms with Crippen molar-refractivity contribution in [3.05, 3.63) is 0 Å². The zero-order valence-corrected chi connectivity index (χ0v) is 44.2. The maximum absolute atomic E-state index is 14.0. The average molecular weight is 1020 g/mol. The zero-order valence-electron chi connectivity index (χ0n) is 44.2. The molecule has 0 radical (unpaired) electrons. The highest BCUT2D eigenvalue weighted by molar-refractivity contribution is 5.96. The lowest BCUT2D eigenvalue weighted by atomic mass is 10.0. The highest BCUT2D eigenvalue weighted by atomic mass is 16.4. The van der Waals surface area contributed by atoms with Gasteiger partial charge in [0.05, 0.1) is 6.04 Å². The maximum Gasteiger partial charge on any atom is 0.326 e. The Morgan fingerprint density at radius 3 is 1.10 bits per heavy atom. The number of carboxylic acid groups (broad SMARTS) is 1. The lowest BCUT2D eigenvalue weighted by Gasteiger charge is -2.27. The van der Waals surface area contributed by atoms with Crippen LogP contribution >= 0.6 is 0 Å². The molecule has 0 aliphatic carbocycles. The van der Waals surface area contributed by atoms with Crippen molar-refractivity contribution in [2.45, 2.75) is 224 Å². The average Bonchev–Trinajstić information content (AvgIpc) is 3.33. The topological polar surface area (TPSA) is 405 Å². The molecule has 0 unspecified atom stereocenters. The second-order valence-corrected chi connectivity index (χ2v) is 18.8. The number of hydrogen-bond acceptors (Lipinski definition) is 12. The minimum atomic E-state index is -1.32. The van der Waals surface area contributed by atoms with E-state index in [0.29, 0.717) is 45.3 Å². The quantitative estimate of drug-likeness (QED) is 0.0228. The van der Waals surface area contributed by atoms with Gasteiger partial charge >= 0.3 is 5.97 Å². The first-order valence-corrected chi connectivity index (χ1v) is 26.7. The van der Waals surface area contributed by atoms with E-state index in [2.05, 4.69) is 54.1 Å². The van der Waals surface area contributed by atoms with Crippen LogP contribution in [0.3, 0.4) is 0 Å². The van der Waals surface area contributed by atoms with Crippen molar-refractivity contribution < 1.29 is 38.7 Å². The minimum Gasteiger partial charge on any atom is -0.480 e. The number of hydrogen-bond donors (Lipinski definition) is 14. The molecule has 23 nitrogen and oxygen atoms in total. The number of unbranched alkanes of at least 4 members (excludes halogenated alkanes) is 15. The van der Waals surface area contributed by atoms with E-state index in [0.717, 1.165) is 19.3 Å². The normalized spacial score (nSPS) is 14.0. The van der Waals surface area contributed by atoms with Gasteiger partial charge in [0, 0.05) is 13.1 Å². The van der Waals surface area contributed by atoms with Crippen LogP contribution in [0.25, 0.3) is 0 Å². The van der Waals surface area contributed by atoms with Crippen molar-refractivity contribution in [1.29, 1.82) is 0 Å². The third-order valence-corrected chi connectivity index (χ3v) is 12.2. The lowest BCUT2D eigenvalue weighted by Crippen LogP contribution is -2.59. The first kappa shape index (κ1) is 66.7. The van der Waals surface area contributed by atoms with Crippen LogP contribution in [0.2, 0.25) is 0 Å². The van der Waals surface area contributed by atoms with Gasteiger partial charge in [-0.25, -0.2) is 4.79 Å². The molecule has 7 atom stereocenters. The predicted molar refractivity (Wildman–Crippen MR) is 284 cm³/mol. The molecule has 0 spiro atoms. The summed E-state index contributed by atoms with van der Waals surface area (Å²) >= 11 is 0. The van der Waals surface area contributed by atoms with Crippen molar-refractivity contribution in [2.24, 2.45) is 44.4 Å². The number of carbonyl (C=O) groups is 7. The molecule has 72 heavy (non-hydrogen) atoms. The van der Waals surface area contributed by atoms with Crippen LogP contribution in [0.4, 0.5) is 0 Å². The molecule has 0 rings (SSSR count). The number of aliphatic imine (C=N–C) groups is 2. The number of guanidine groups is 2. The van der Waals surface area contributed by atoms with E-state index in [9.17, 15) is 38.7 Å². The molecule has 416 valence electrons. The van der Waals surface area contributed by atoms with E-state index in [1.54, 1.807) is 6.92 Å². The molecular weight excluding hydrogens is 927 g/mol. The smallest absolute Gasteiger partial charge is 0.326 e. The Hall–Kier alpha value is -5.29. The number of nitrogens with two attached hydrogens (primary N) is 6. The number of amides is 6. The van der Waals surface area contributed by atoms with Crippen LogP contribution in [-0.2, 0) is 33.6 Å². The summed E-state index contributed by atoms with van der Waals surface area (Å²) in [7, 11) is 0. The van der Waals surface area contributed by atoms with Crippen LogP contribution < -0.4 is 71.6 Å². The fraction of sp³-hybridized carbons (Fsp3) is 0.816. The molecule has 0 aliphatic rings. The Bertz CT molecular complexity index is 1610. The number of carbonyl (C=O) groups excluding carboxylic acids is 6. The van der Waals surface area contributed by atoms with Gasteiger partial charge in [-0.3, -0.25) is 38.8 Å². The fourth-order valence-corrected chi connectivity index (χ4v) is 7.71. The van der Waals surface area contributed by atoms with Crippen molar-refractivity contribution in [2.75, 3.05) is 32.7 Å². The summed E-state index contributed by atoms with van der Waals surface area (Å²) in [5.41, 5.74) is 33.1. The third-order valence-electron chi connectivity index (χ3n) is 12.2. The van der Waals surface area contributed by atoms with Crippen molar-refractivity contribution >= 4 is 53.3 Å². The van der Waals surface area contributed by atoms with E-state index in [1.165, 1.54) is 84.5 Å². The Labute approximate surface area is 429 Å². The standard InChI is InChI=1S/C49H97N15O8/c1-5-6-7-8-9-10-11-12-13-14-15-16-17-22-31-56-34(2)41(65)59-35(3)42(66)60-36(4)43(67)61-37(25-18-20-29-50)44(68)63-39(27-23-32-57-48(52)53)45(69)62-38(26-19-21-30-51)46(70)64-40(47(71)72)28-24-33-58-49(54)55/h34-40,56H,5-33,50-51H2,1-4H3,(H,59,65)(H,60,66)(H,61,67)(H,62,69)(H,63,68)(H,64,70)(H,71,72)(H4,52,53,57)(H4,54,55,58)/t34-,35-,36-,37-,38-,39-,40-/m0/s1. The summed E-state index contributed by atoms with van der Waals surface area (Å²) in [6.07, 6.45) is 20.2. The molecule has 0 aromatic rings. The molecule has 23 heteroatoms. The summed E-state index contributed by atoms with van der Waals surface area (Å²) in [6, 6.07) is -7.64. The molecule has 0 saturated heterocycles. The Morgan fingerprint density at radius 2 is 0.722 bits per heavy atom. The third kappa shape index (κ3) is 34.1. The summed E-state index contributed by atoms with van der Waals surface area (Å²) in [4.78, 5) is 101. The van der Waals surface area contributed by atoms with Crippen LogP contribution in [0, 0.1) is 0 Å². The minimum absolute atomic E-state index is 0.00117. The fourth-order valence-electron chi connectivity index (χ4n) is 7.71. The van der Waals surface area contributed by atoms with Crippen molar-refractivity contribution in [1.82, 2.24) is 37.2 Å². The Kier molecular flexibility index (Phi) is 39.1. The van der Waals surface area contributed by atoms with Gasteiger partial charge in [-0.2, -0.15) is 0 Å². The van der Waals surface area contributed by atoms with Gasteiger partial charge in [0.15, 0.2) is 11.9 Å². The molecule has 20 N–H and O–H groups in total. The molecule has 0 saturated carbocycles. The number of rotatable bonds is 45. The van der Waals surface area contributed by atoms with E-state index >= 15 is 0 Å². The van der Waals surface area contributed by atoms with Gasteiger partial charge in [-0.1, -0.05) is 90.4 Å². The maximum atomic E-state index is 14.0. The van der Waals surface area contributed by atoms with Gasteiger partial charge in [0.1, 0.15) is 36.3 Å². The van der Waals surface area contributed by atoms with Gasteiger partial charge in [0.25, 0.3) is 0 Å². The highest BCUT2D eigenvalue weighted by Crippen LogP contribution is 2.13. The number of nitrogens with zero attached hydrogens (tertiary/aromatic N) is 2. The molecule has 6 amide bonds. The molecule has 0 aliphatic heterocycles. The Morgan fingerprint density at radius 1 is 0.403 bits per heavy atom. The molecular formula is C49H97N15O8. The summed E-state index contributed by atoms with van der Waals surface area (Å²) in [5.74, 6) is -5.57. The molecule has 0 aromatic carbocycles. The van der Waals surface area contributed by atoms with E-state index in [4.69, 9.17) is 34.4 Å². The monoisotopic (exact) mass is 1020 g/mol. The lowest BCUT2D eigenvalue weighted by molar-refractivity contribution is -0.142.